The zero-order valence-corrected chi connectivity index (χ0v) is 26.1. The van der Waals surface area contributed by atoms with Crippen LogP contribution in [-0.2, 0) is 30.6 Å². The van der Waals surface area contributed by atoms with Gasteiger partial charge >= 0.3 is 0 Å². The molecule has 5 heterocycles. The Hall–Kier alpha value is -3.44. The summed E-state index contributed by atoms with van der Waals surface area (Å²) >= 11 is 0. The minimum absolute atomic E-state index is 0. The van der Waals surface area contributed by atoms with Gasteiger partial charge in [0.05, 0.1) is 0 Å². The van der Waals surface area contributed by atoms with E-state index in [1.165, 1.54) is 0 Å². The first-order chi connectivity index (χ1) is 18.5. The van der Waals surface area contributed by atoms with Gasteiger partial charge in [-0.2, -0.15) is 0 Å². The quantitative estimate of drug-likeness (QED) is 0.245. The maximum absolute atomic E-state index is 13.6. The predicted molar refractivity (Wildman–Crippen MR) is 173 cm³/mol. The maximum Gasteiger partial charge on any atom is 0.294 e. The lowest BCUT2D eigenvalue weighted by Gasteiger charge is -2.20. The monoisotopic (exact) mass is 654 g/mol. The van der Waals surface area contributed by atoms with Crippen molar-refractivity contribution in [1.29, 1.82) is 0 Å². The Morgan fingerprint density at radius 3 is 2.19 bits per heavy atom. The molecule has 1 aliphatic heterocycles. The van der Waals surface area contributed by atoms with Crippen LogP contribution < -0.4 is 21.9 Å². The summed E-state index contributed by atoms with van der Waals surface area (Å²) in [5.41, 5.74) is 9.60. The summed E-state index contributed by atoms with van der Waals surface area (Å²) in [5, 5.41) is 6.29. The molecular weight excluding hydrogens is 622 g/mol. The fourth-order valence-corrected chi connectivity index (χ4v) is 4.80. The summed E-state index contributed by atoms with van der Waals surface area (Å²) < 4.78 is 1.57. The van der Waals surface area contributed by atoms with E-state index in [-0.39, 0.29) is 73.0 Å². The third-order valence-electron chi connectivity index (χ3n) is 6.74. The van der Waals surface area contributed by atoms with E-state index in [1.54, 1.807) is 29.2 Å². The largest absolute Gasteiger partial charge is 0.384 e. The number of nitrogens with one attached hydrogen (secondary N) is 2. The van der Waals surface area contributed by atoms with Gasteiger partial charge in [0.25, 0.3) is 5.56 Å². The molecule has 0 unspecified atom stereocenters. The number of hydrogen-bond donors (Lipinski definition) is 3. The number of nitrogens with two attached hydrogens (primary N) is 1. The Balaban J connectivity index is 0.00000220. The Bertz CT molecular complexity index is 1450. The van der Waals surface area contributed by atoms with Crippen molar-refractivity contribution in [2.45, 2.75) is 51.2 Å². The van der Waals surface area contributed by atoms with Gasteiger partial charge in [-0.25, -0.2) is 9.97 Å². The molecule has 226 valence electrons. The number of pyridine rings is 3. The molecule has 4 aromatic heterocycles. The number of nitrogens with zero attached hydrogens (tertiary/aromatic N) is 5. The number of hydrogen-bond acceptors (Lipinski definition) is 8. The van der Waals surface area contributed by atoms with Crippen molar-refractivity contribution < 1.29 is 4.79 Å². The Morgan fingerprint density at radius 2 is 1.62 bits per heavy atom. The Labute approximate surface area is 269 Å². The number of carbonyl (C=O) groups excluding carboxylic acids is 1. The molecule has 4 N–H and O–H groups in total. The first kappa shape index (κ1) is 36.6. The highest BCUT2D eigenvalue weighted by molar-refractivity contribution is 5.86. The molecule has 5 rings (SSSR count). The lowest BCUT2D eigenvalue weighted by molar-refractivity contribution is -0.124. The van der Waals surface area contributed by atoms with Crippen molar-refractivity contribution in [3.05, 3.63) is 106 Å². The van der Waals surface area contributed by atoms with Crippen LogP contribution in [0.1, 0.15) is 40.8 Å². The van der Waals surface area contributed by atoms with Crippen molar-refractivity contribution >= 4 is 67.2 Å². The van der Waals surface area contributed by atoms with Crippen LogP contribution in [0.4, 0.5) is 11.6 Å². The molecule has 1 amide bonds. The van der Waals surface area contributed by atoms with Gasteiger partial charge in [0, 0.05) is 66.8 Å². The topological polar surface area (TPSA) is 141 Å². The number of amides is 1. The summed E-state index contributed by atoms with van der Waals surface area (Å²) in [6.07, 6.45) is 7.49. The van der Waals surface area contributed by atoms with Crippen LogP contribution in [0.15, 0.2) is 71.9 Å². The highest BCUT2D eigenvalue weighted by Gasteiger charge is 2.31. The van der Waals surface area contributed by atoms with Gasteiger partial charge in [-0.3, -0.25) is 24.1 Å². The average molecular weight is 656 g/mol. The Morgan fingerprint density at radius 1 is 0.976 bits per heavy atom. The van der Waals surface area contributed by atoms with Gasteiger partial charge in [-0.15, -0.1) is 49.6 Å². The van der Waals surface area contributed by atoms with Crippen molar-refractivity contribution in [2.24, 2.45) is 0 Å². The smallest absolute Gasteiger partial charge is 0.294 e. The van der Waals surface area contributed by atoms with Crippen LogP contribution in [0.25, 0.3) is 0 Å². The molecule has 0 fully saturated rings. The third kappa shape index (κ3) is 8.78. The van der Waals surface area contributed by atoms with Crippen LogP contribution in [0, 0.1) is 6.92 Å². The summed E-state index contributed by atoms with van der Waals surface area (Å²) in [4.78, 5) is 44.3. The van der Waals surface area contributed by atoms with Gasteiger partial charge in [-0.05, 0) is 55.7 Å². The number of anilines is 2. The molecule has 14 heteroatoms. The predicted octanol–water partition coefficient (Wildman–Crippen LogP) is 4.08. The third-order valence-corrected chi connectivity index (χ3v) is 6.74. The fraction of sp³-hybridized carbons (Fsp3) is 0.286. The van der Waals surface area contributed by atoms with E-state index in [9.17, 15) is 9.59 Å². The molecule has 42 heavy (non-hydrogen) atoms. The van der Waals surface area contributed by atoms with E-state index in [4.69, 9.17) is 5.73 Å². The number of nitrogen functional groups attached to an aromatic ring is 1. The minimum Gasteiger partial charge on any atom is -0.384 e. The number of rotatable bonds is 9. The highest BCUT2D eigenvalue weighted by atomic mass is 35.5. The first-order valence-corrected chi connectivity index (χ1v) is 12.6. The molecule has 0 saturated heterocycles. The van der Waals surface area contributed by atoms with Gasteiger partial charge < -0.3 is 16.4 Å². The number of halogens is 4. The minimum atomic E-state index is -0.604. The number of aromatic nitrogens is 5. The molecule has 10 nitrogen and oxygen atoms in total. The van der Waals surface area contributed by atoms with Crippen molar-refractivity contribution in [3.63, 3.8) is 0 Å². The van der Waals surface area contributed by atoms with Crippen molar-refractivity contribution in [1.82, 2.24) is 29.8 Å². The molecule has 0 spiro atoms. The van der Waals surface area contributed by atoms with E-state index in [2.05, 4.69) is 30.6 Å². The molecule has 0 aliphatic carbocycles. The molecule has 0 bridgehead atoms. The van der Waals surface area contributed by atoms with Crippen LogP contribution >= 0.6 is 49.6 Å². The lowest BCUT2D eigenvalue weighted by atomic mass is 10.0. The molecule has 4 aromatic rings. The number of fused-ring (bicyclic) bond motifs is 1. The van der Waals surface area contributed by atoms with Gasteiger partial charge in [0.15, 0.2) is 5.82 Å². The molecular formula is C28H34Cl4N8O2. The van der Waals surface area contributed by atoms with E-state index < -0.39 is 6.04 Å². The summed E-state index contributed by atoms with van der Waals surface area (Å²) in [5.74, 6) is 0.437. The number of carbonyl (C=O) groups is 1. The molecule has 1 aliphatic rings. The van der Waals surface area contributed by atoms with Crippen LogP contribution in [-0.4, -0.2) is 36.5 Å². The SMILES string of the molecule is Cc1nc(N)ccc1CNC(=O)[C@@H]1CCc2cnc(NC(Cc3ccccn3)Cc3ccccn3)c(=O)n21.Cl.Cl.Cl.Cl. The van der Waals surface area contributed by atoms with Crippen molar-refractivity contribution in [2.75, 3.05) is 11.1 Å². The maximum atomic E-state index is 13.6. The van der Waals surface area contributed by atoms with Crippen LogP contribution in [0.3, 0.4) is 0 Å². The van der Waals surface area contributed by atoms with Gasteiger partial charge in [0.1, 0.15) is 11.9 Å². The second-order valence-corrected chi connectivity index (χ2v) is 9.42. The van der Waals surface area contributed by atoms with Crippen LogP contribution in [0.5, 0.6) is 0 Å². The number of aryl methyl sites for hydroxylation is 2. The normalized spacial score (nSPS) is 13.0. The Kier molecular flexibility index (Phi) is 14.7. The lowest BCUT2D eigenvalue weighted by Crippen LogP contribution is -2.38. The summed E-state index contributed by atoms with van der Waals surface area (Å²) in [6, 6.07) is 14.3. The summed E-state index contributed by atoms with van der Waals surface area (Å²) in [6.45, 7) is 2.16. The zero-order valence-electron chi connectivity index (χ0n) is 22.8. The highest BCUT2D eigenvalue weighted by Crippen LogP contribution is 2.24. The second-order valence-electron chi connectivity index (χ2n) is 9.42. The van der Waals surface area contributed by atoms with E-state index in [1.807, 2.05) is 49.4 Å². The first-order valence-electron chi connectivity index (χ1n) is 12.6. The van der Waals surface area contributed by atoms with E-state index in [0.29, 0.717) is 38.0 Å². The molecule has 1 atom stereocenters. The molecule has 0 radical (unpaired) electrons. The van der Waals surface area contributed by atoms with E-state index in [0.717, 1.165) is 28.3 Å². The average Bonchev–Trinajstić information content (AvgIpc) is 3.36. The summed E-state index contributed by atoms with van der Waals surface area (Å²) in [7, 11) is 0. The van der Waals surface area contributed by atoms with E-state index >= 15 is 0 Å². The zero-order chi connectivity index (χ0) is 26.5. The van der Waals surface area contributed by atoms with Gasteiger partial charge in [0.2, 0.25) is 5.91 Å². The van der Waals surface area contributed by atoms with Crippen molar-refractivity contribution in [3.8, 4) is 0 Å². The molecule has 0 aromatic carbocycles. The standard InChI is InChI=1S/C28H30N8O2.4ClH/c1-18-19(8-11-25(29)34-18)16-33-27(37)24-10-9-23-17-32-26(28(38)36(23)24)35-22(14-20-6-2-4-12-30-20)15-21-7-3-5-13-31-21;;;;/h2-8,11-13,17,22,24H,9-10,14-16H2,1H3,(H2,29,34)(H,32,35)(H,33,37);4*1H/t24-;;;;/m0..../s1. The second kappa shape index (κ2) is 16.9. The molecule has 0 saturated carbocycles. The van der Waals surface area contributed by atoms with Crippen LogP contribution in [0.2, 0.25) is 0 Å². The van der Waals surface area contributed by atoms with Gasteiger partial charge in [-0.1, -0.05) is 18.2 Å². The fourth-order valence-electron chi connectivity index (χ4n) is 4.80.